The van der Waals surface area contributed by atoms with Gasteiger partial charge in [-0.15, -0.1) is 0 Å². The normalized spacial score (nSPS) is 18.6. The largest absolute Gasteiger partial charge is 0.391 e. The number of nitrogens with one attached hydrogen (secondary N) is 3. The van der Waals surface area contributed by atoms with E-state index in [0.717, 1.165) is 24.3 Å². The molecular weight excluding hydrogens is 440 g/mol. The van der Waals surface area contributed by atoms with Crippen molar-refractivity contribution in [3.8, 4) is 5.69 Å². The summed E-state index contributed by atoms with van der Waals surface area (Å²) in [4.78, 5) is 14.8. The Kier molecular flexibility index (Phi) is 6.18. The molecule has 32 heavy (non-hydrogen) atoms. The van der Waals surface area contributed by atoms with Crippen LogP contribution in [0.2, 0.25) is 19.6 Å². The van der Waals surface area contributed by atoms with Crippen molar-refractivity contribution < 1.29 is 9.90 Å². The van der Waals surface area contributed by atoms with Crippen molar-refractivity contribution in [3.05, 3.63) is 59.6 Å². The number of hydrogen-bond donors (Lipinski definition) is 4. The second kappa shape index (κ2) is 8.89. The van der Waals surface area contributed by atoms with Crippen molar-refractivity contribution in [1.29, 1.82) is 0 Å². The molecule has 0 aliphatic carbocycles. The highest BCUT2D eigenvalue weighted by Gasteiger charge is 2.41. The Morgan fingerprint density at radius 3 is 2.50 bits per heavy atom. The van der Waals surface area contributed by atoms with Crippen LogP contribution in [0, 0.1) is 4.77 Å². The summed E-state index contributed by atoms with van der Waals surface area (Å²) in [6.07, 6.45) is 2.10. The maximum atomic E-state index is 12.5. The first kappa shape index (κ1) is 22.2. The number of nitrogens with zero attached hydrogens (tertiary/aromatic N) is 3. The maximum absolute atomic E-state index is 12.5. The summed E-state index contributed by atoms with van der Waals surface area (Å²) in [7, 11) is -1.56. The molecular formula is C22H28N6O2SSi. The minimum atomic E-state index is -1.56. The van der Waals surface area contributed by atoms with Gasteiger partial charge in [-0.3, -0.25) is 9.67 Å². The van der Waals surface area contributed by atoms with Crippen LogP contribution in [-0.2, 0) is 0 Å². The van der Waals surface area contributed by atoms with Crippen LogP contribution in [0.1, 0.15) is 6.42 Å². The quantitative estimate of drug-likeness (QED) is 0.329. The first-order chi connectivity index (χ1) is 15.2. The lowest BCUT2D eigenvalue weighted by Gasteiger charge is -2.37. The molecule has 168 valence electrons. The van der Waals surface area contributed by atoms with Gasteiger partial charge in [-0.05, 0) is 61.1 Å². The lowest BCUT2D eigenvalue weighted by molar-refractivity contribution is 0.184. The van der Waals surface area contributed by atoms with E-state index >= 15 is 0 Å². The first-order valence-corrected chi connectivity index (χ1v) is 14.6. The van der Waals surface area contributed by atoms with Crippen molar-refractivity contribution >= 4 is 43.4 Å². The van der Waals surface area contributed by atoms with Gasteiger partial charge in [0, 0.05) is 29.3 Å². The van der Waals surface area contributed by atoms with Crippen LogP contribution in [0.15, 0.2) is 54.9 Å². The number of carbonyl (C=O) groups is 1. The van der Waals surface area contributed by atoms with Crippen molar-refractivity contribution in [2.24, 2.45) is 0 Å². The molecule has 1 fully saturated rings. The Morgan fingerprint density at radius 2 is 1.84 bits per heavy atom. The number of amides is 2. The Balaban J connectivity index is 1.42. The molecule has 2 aromatic carbocycles. The zero-order chi connectivity index (χ0) is 22.9. The number of aliphatic hydroxyl groups excluding tert-OH is 1. The monoisotopic (exact) mass is 468 g/mol. The topological polar surface area (TPSA) is 98.2 Å². The first-order valence-electron chi connectivity index (χ1n) is 10.6. The number of H-pyrrole nitrogens is 1. The highest BCUT2D eigenvalue weighted by molar-refractivity contribution is 7.71. The van der Waals surface area contributed by atoms with E-state index in [2.05, 4.69) is 45.4 Å². The highest BCUT2D eigenvalue weighted by atomic mass is 32.1. The maximum Gasteiger partial charge on any atom is 0.323 e. The summed E-state index contributed by atoms with van der Waals surface area (Å²) in [6.45, 7) is 7.71. The average molecular weight is 469 g/mol. The van der Waals surface area contributed by atoms with Gasteiger partial charge in [0.2, 0.25) is 0 Å². The third-order valence-electron chi connectivity index (χ3n) is 5.64. The summed E-state index contributed by atoms with van der Waals surface area (Å²) in [5.74, 6) is 0. The fraction of sp³-hybridized carbons (Fsp3) is 0.318. The fourth-order valence-electron chi connectivity index (χ4n) is 4.31. The molecule has 4 rings (SSSR count). The van der Waals surface area contributed by atoms with E-state index in [-0.39, 0.29) is 17.8 Å². The van der Waals surface area contributed by atoms with Gasteiger partial charge in [-0.1, -0.05) is 25.7 Å². The summed E-state index contributed by atoms with van der Waals surface area (Å²) in [5, 5.41) is 22.8. The van der Waals surface area contributed by atoms with Crippen LogP contribution in [0.4, 0.5) is 21.9 Å². The standard InChI is InChI=1S/C22H28N6O2SSi/c1-32(2,3)20-19(29)11-12-27(20)17-9-7-15(8-10-17)24-21(30)25-16-5-4-6-18(13-16)28-14-23-26-22(28)31/h4-10,13-14,19-20,29H,11-12H2,1-3H3,(H,26,31)(H2,24,25,30). The summed E-state index contributed by atoms with van der Waals surface area (Å²) in [5.41, 5.74) is 3.41. The van der Waals surface area contributed by atoms with Crippen molar-refractivity contribution in [3.63, 3.8) is 0 Å². The number of hydrogen-bond acceptors (Lipinski definition) is 5. The van der Waals surface area contributed by atoms with Crippen molar-refractivity contribution in [2.45, 2.75) is 37.8 Å². The van der Waals surface area contributed by atoms with Crippen LogP contribution in [-0.4, -0.2) is 52.3 Å². The fourth-order valence-corrected chi connectivity index (χ4v) is 7.05. The van der Waals surface area contributed by atoms with Crippen LogP contribution < -0.4 is 15.5 Å². The Bertz CT molecular complexity index is 1150. The molecule has 2 unspecified atom stereocenters. The lowest BCUT2D eigenvalue weighted by atomic mass is 10.2. The highest BCUT2D eigenvalue weighted by Crippen LogP contribution is 2.32. The second-order valence-electron chi connectivity index (χ2n) is 9.07. The Hall–Kier alpha value is -2.95. The minimum Gasteiger partial charge on any atom is -0.391 e. The number of aliphatic hydroxyl groups is 1. The molecule has 0 saturated carbocycles. The smallest absolute Gasteiger partial charge is 0.323 e. The van der Waals surface area contributed by atoms with Gasteiger partial charge in [0.15, 0.2) is 4.77 Å². The number of urea groups is 1. The number of benzene rings is 2. The Labute approximate surface area is 193 Å². The molecule has 1 aliphatic heterocycles. The molecule has 1 saturated heterocycles. The van der Waals surface area contributed by atoms with E-state index in [1.54, 1.807) is 10.9 Å². The van der Waals surface area contributed by atoms with Crippen molar-refractivity contribution in [2.75, 3.05) is 22.1 Å². The number of anilines is 3. The predicted molar refractivity (Wildman–Crippen MR) is 133 cm³/mol. The molecule has 10 heteroatoms. The number of aromatic amines is 1. The molecule has 2 atom stereocenters. The molecule has 0 spiro atoms. The summed E-state index contributed by atoms with van der Waals surface area (Å²) < 4.78 is 2.20. The number of aromatic nitrogens is 3. The zero-order valence-electron chi connectivity index (χ0n) is 18.4. The van der Waals surface area contributed by atoms with Crippen molar-refractivity contribution in [1.82, 2.24) is 14.8 Å². The van der Waals surface area contributed by atoms with Gasteiger partial charge in [0.1, 0.15) is 6.33 Å². The molecule has 3 aromatic rings. The van der Waals surface area contributed by atoms with E-state index in [4.69, 9.17) is 12.2 Å². The van der Waals surface area contributed by atoms with Crippen LogP contribution in [0.5, 0.6) is 0 Å². The van der Waals surface area contributed by atoms with Crippen LogP contribution >= 0.6 is 12.2 Å². The number of carbonyl (C=O) groups excluding carboxylic acids is 1. The molecule has 0 bridgehead atoms. The van der Waals surface area contributed by atoms with Gasteiger partial charge in [0.05, 0.1) is 19.9 Å². The van der Waals surface area contributed by atoms with E-state index in [0.29, 0.717) is 16.1 Å². The molecule has 8 nitrogen and oxygen atoms in total. The van der Waals surface area contributed by atoms with Gasteiger partial charge in [-0.2, -0.15) is 5.10 Å². The van der Waals surface area contributed by atoms with Crippen LogP contribution in [0.3, 0.4) is 0 Å². The molecule has 1 aromatic heterocycles. The van der Waals surface area contributed by atoms with Crippen LogP contribution in [0.25, 0.3) is 5.69 Å². The van der Waals surface area contributed by atoms with E-state index in [9.17, 15) is 9.90 Å². The third kappa shape index (κ3) is 4.77. The molecule has 2 heterocycles. The van der Waals surface area contributed by atoms with Gasteiger partial charge in [0.25, 0.3) is 0 Å². The molecule has 0 radical (unpaired) electrons. The summed E-state index contributed by atoms with van der Waals surface area (Å²) >= 11 is 5.20. The lowest BCUT2D eigenvalue weighted by Crippen LogP contribution is -2.52. The molecule has 2 amide bonds. The minimum absolute atomic E-state index is 0.195. The molecule has 4 N–H and O–H groups in total. The third-order valence-corrected chi connectivity index (χ3v) is 8.40. The van der Waals surface area contributed by atoms with E-state index in [1.807, 2.05) is 48.5 Å². The van der Waals surface area contributed by atoms with Gasteiger partial charge >= 0.3 is 6.03 Å². The average Bonchev–Trinajstić information content (AvgIpc) is 3.34. The predicted octanol–water partition coefficient (Wildman–Crippen LogP) is 4.39. The molecule has 1 aliphatic rings. The van der Waals surface area contributed by atoms with E-state index in [1.165, 1.54) is 0 Å². The SMILES string of the molecule is C[Si](C)(C)C1C(O)CCN1c1ccc(NC(=O)Nc2cccc(-n3cn[nH]c3=S)c2)cc1. The van der Waals surface area contributed by atoms with E-state index < -0.39 is 8.07 Å². The second-order valence-corrected chi connectivity index (χ2v) is 14.8. The Morgan fingerprint density at radius 1 is 1.12 bits per heavy atom. The zero-order valence-corrected chi connectivity index (χ0v) is 20.2. The van der Waals surface area contributed by atoms with Gasteiger partial charge in [-0.25, -0.2) is 4.79 Å². The number of rotatable bonds is 5. The van der Waals surface area contributed by atoms with Gasteiger partial charge < -0.3 is 20.6 Å². The summed E-state index contributed by atoms with van der Waals surface area (Å²) in [6, 6.07) is 14.8.